The molecule has 3 aromatic carbocycles. The van der Waals surface area contributed by atoms with Gasteiger partial charge in [-0.25, -0.2) is 8.42 Å². The lowest BCUT2D eigenvalue weighted by Gasteiger charge is -2.17. The SMILES string of the molecule is CN(c1ccc(OCC(=O)Nc2ccccc2Oc2ccccc2)cc1)S(C)(=O)=O. The smallest absolute Gasteiger partial charge is 0.262 e. The summed E-state index contributed by atoms with van der Waals surface area (Å²) in [6.45, 7) is -0.207. The van der Waals surface area contributed by atoms with E-state index in [1.165, 1.54) is 7.05 Å². The predicted molar refractivity (Wildman–Crippen MR) is 117 cm³/mol. The van der Waals surface area contributed by atoms with Crippen LogP contribution in [0.5, 0.6) is 17.2 Å². The molecule has 0 saturated heterocycles. The van der Waals surface area contributed by atoms with E-state index >= 15 is 0 Å². The largest absolute Gasteiger partial charge is 0.484 e. The lowest BCUT2D eigenvalue weighted by Crippen LogP contribution is -2.24. The van der Waals surface area contributed by atoms with Crippen molar-refractivity contribution in [1.29, 1.82) is 0 Å². The first kappa shape index (κ1) is 21.2. The van der Waals surface area contributed by atoms with Gasteiger partial charge in [-0.2, -0.15) is 0 Å². The molecule has 1 N–H and O–H groups in total. The third-order valence-corrected chi connectivity index (χ3v) is 5.41. The van der Waals surface area contributed by atoms with Crippen LogP contribution in [-0.4, -0.2) is 34.2 Å². The van der Waals surface area contributed by atoms with Crippen molar-refractivity contribution in [2.24, 2.45) is 0 Å². The van der Waals surface area contributed by atoms with Gasteiger partial charge in [-0.05, 0) is 48.5 Å². The van der Waals surface area contributed by atoms with Crippen LogP contribution in [0.25, 0.3) is 0 Å². The minimum atomic E-state index is -3.34. The number of carbonyl (C=O) groups excluding carboxylic acids is 1. The number of nitrogens with zero attached hydrogens (tertiary/aromatic N) is 1. The van der Waals surface area contributed by atoms with E-state index in [4.69, 9.17) is 9.47 Å². The molecule has 3 aromatic rings. The molecule has 0 radical (unpaired) electrons. The zero-order valence-electron chi connectivity index (χ0n) is 16.6. The highest BCUT2D eigenvalue weighted by atomic mass is 32.2. The first-order chi connectivity index (χ1) is 14.3. The molecule has 3 rings (SSSR count). The van der Waals surface area contributed by atoms with Gasteiger partial charge in [-0.3, -0.25) is 9.10 Å². The molecule has 8 heteroatoms. The predicted octanol–water partition coefficient (Wildman–Crippen LogP) is 3.89. The number of nitrogens with one attached hydrogen (secondary N) is 1. The van der Waals surface area contributed by atoms with Crippen LogP contribution in [0, 0.1) is 0 Å². The number of carbonyl (C=O) groups is 1. The molecule has 156 valence electrons. The summed E-state index contributed by atoms with van der Waals surface area (Å²) in [7, 11) is -1.87. The fourth-order valence-electron chi connectivity index (χ4n) is 2.55. The van der Waals surface area contributed by atoms with E-state index in [2.05, 4.69) is 5.32 Å². The number of amides is 1. The Bertz CT molecular complexity index is 1100. The molecule has 0 aromatic heterocycles. The third kappa shape index (κ3) is 5.74. The number of rotatable bonds is 8. The minimum Gasteiger partial charge on any atom is -0.484 e. The van der Waals surface area contributed by atoms with Crippen molar-refractivity contribution in [3.05, 3.63) is 78.9 Å². The van der Waals surface area contributed by atoms with Crippen LogP contribution < -0.4 is 19.1 Å². The molecule has 1 amide bonds. The molecule has 0 unspecified atom stereocenters. The summed E-state index contributed by atoms with van der Waals surface area (Å²) in [6.07, 6.45) is 1.13. The van der Waals surface area contributed by atoms with Gasteiger partial charge in [0, 0.05) is 7.05 Å². The molecule has 0 heterocycles. The van der Waals surface area contributed by atoms with Gasteiger partial charge in [0.05, 0.1) is 17.6 Å². The molecule has 30 heavy (non-hydrogen) atoms. The topological polar surface area (TPSA) is 84.9 Å². The Morgan fingerprint density at radius 1 is 0.900 bits per heavy atom. The van der Waals surface area contributed by atoms with Gasteiger partial charge >= 0.3 is 0 Å². The van der Waals surface area contributed by atoms with Crippen LogP contribution in [0.1, 0.15) is 0 Å². The van der Waals surface area contributed by atoms with E-state index in [-0.39, 0.29) is 12.5 Å². The van der Waals surface area contributed by atoms with Gasteiger partial charge in [0.15, 0.2) is 12.4 Å². The minimum absolute atomic E-state index is 0.207. The quantitative estimate of drug-likeness (QED) is 0.591. The number of anilines is 2. The van der Waals surface area contributed by atoms with E-state index in [0.29, 0.717) is 28.6 Å². The fraction of sp³-hybridized carbons (Fsp3) is 0.136. The Balaban J connectivity index is 1.59. The summed E-state index contributed by atoms with van der Waals surface area (Å²) in [5, 5.41) is 2.77. The zero-order valence-corrected chi connectivity index (χ0v) is 17.4. The molecule has 0 aliphatic carbocycles. The second-order valence-corrected chi connectivity index (χ2v) is 8.49. The van der Waals surface area contributed by atoms with Crippen LogP contribution >= 0.6 is 0 Å². The molecule has 0 atom stereocenters. The lowest BCUT2D eigenvalue weighted by molar-refractivity contribution is -0.118. The molecule has 7 nitrogen and oxygen atoms in total. The second kappa shape index (κ2) is 9.32. The highest BCUT2D eigenvalue weighted by Gasteiger charge is 2.12. The zero-order chi connectivity index (χ0) is 21.6. The average Bonchev–Trinajstić information content (AvgIpc) is 2.74. The van der Waals surface area contributed by atoms with Gasteiger partial charge in [0.2, 0.25) is 10.0 Å². The van der Waals surface area contributed by atoms with Crippen LogP contribution in [-0.2, 0) is 14.8 Å². The maximum Gasteiger partial charge on any atom is 0.262 e. The number of ether oxygens (including phenoxy) is 2. The molecule has 0 fully saturated rings. The van der Waals surface area contributed by atoms with Crippen molar-refractivity contribution in [1.82, 2.24) is 0 Å². The summed E-state index contributed by atoms with van der Waals surface area (Å²) >= 11 is 0. The number of benzene rings is 3. The summed E-state index contributed by atoms with van der Waals surface area (Å²) in [5.74, 6) is 1.28. The Hall–Kier alpha value is -3.52. The van der Waals surface area contributed by atoms with Crippen molar-refractivity contribution in [2.75, 3.05) is 29.5 Å². The molecule has 0 bridgehead atoms. The first-order valence-corrected chi connectivity index (χ1v) is 11.0. The van der Waals surface area contributed by atoms with Gasteiger partial charge in [0.25, 0.3) is 5.91 Å². The van der Waals surface area contributed by atoms with E-state index in [1.807, 2.05) is 36.4 Å². The summed E-state index contributed by atoms with van der Waals surface area (Å²) < 4.78 is 35.6. The summed E-state index contributed by atoms with van der Waals surface area (Å²) in [6, 6.07) is 22.8. The lowest BCUT2D eigenvalue weighted by atomic mass is 10.3. The molecule has 0 spiro atoms. The van der Waals surface area contributed by atoms with Crippen LogP contribution in [0.15, 0.2) is 78.9 Å². The summed E-state index contributed by atoms with van der Waals surface area (Å²) in [5.41, 5.74) is 1.03. The maximum atomic E-state index is 12.3. The monoisotopic (exact) mass is 426 g/mol. The maximum absolute atomic E-state index is 12.3. The Morgan fingerprint density at radius 3 is 2.20 bits per heavy atom. The number of sulfonamides is 1. The Kier molecular flexibility index (Phi) is 6.58. The van der Waals surface area contributed by atoms with E-state index in [9.17, 15) is 13.2 Å². The van der Waals surface area contributed by atoms with Gasteiger partial charge in [-0.1, -0.05) is 30.3 Å². The number of para-hydroxylation sites is 3. The molecule has 0 aliphatic heterocycles. The second-order valence-electron chi connectivity index (χ2n) is 6.47. The van der Waals surface area contributed by atoms with E-state index in [0.717, 1.165) is 10.6 Å². The van der Waals surface area contributed by atoms with E-state index in [1.54, 1.807) is 42.5 Å². The Labute approximate surface area is 175 Å². The average molecular weight is 426 g/mol. The van der Waals surface area contributed by atoms with Gasteiger partial charge in [-0.15, -0.1) is 0 Å². The first-order valence-electron chi connectivity index (χ1n) is 9.11. The molecule has 0 aliphatic rings. The molecular formula is C22H22N2O5S. The standard InChI is InChI=1S/C22H22N2O5S/c1-24(30(2,26)27)17-12-14-18(15-13-17)28-16-22(25)23-20-10-6-7-11-21(20)29-19-8-4-3-5-9-19/h3-15H,16H2,1-2H3,(H,23,25). The van der Waals surface area contributed by atoms with Crippen molar-refractivity contribution < 1.29 is 22.7 Å². The highest BCUT2D eigenvalue weighted by molar-refractivity contribution is 7.92. The van der Waals surface area contributed by atoms with Crippen molar-refractivity contribution in [2.45, 2.75) is 0 Å². The van der Waals surface area contributed by atoms with Crippen LogP contribution in [0.3, 0.4) is 0 Å². The third-order valence-electron chi connectivity index (χ3n) is 4.20. The van der Waals surface area contributed by atoms with Crippen molar-refractivity contribution in [3.63, 3.8) is 0 Å². The van der Waals surface area contributed by atoms with Crippen molar-refractivity contribution in [3.8, 4) is 17.2 Å². The number of hydrogen-bond acceptors (Lipinski definition) is 5. The van der Waals surface area contributed by atoms with Crippen molar-refractivity contribution >= 4 is 27.3 Å². The normalized spacial score (nSPS) is 10.9. The summed E-state index contributed by atoms with van der Waals surface area (Å²) in [4.78, 5) is 12.3. The number of hydrogen-bond donors (Lipinski definition) is 1. The van der Waals surface area contributed by atoms with Gasteiger partial charge in [0.1, 0.15) is 11.5 Å². The molecular weight excluding hydrogens is 404 g/mol. The highest BCUT2D eigenvalue weighted by Crippen LogP contribution is 2.29. The fourth-order valence-corrected chi connectivity index (χ4v) is 3.06. The van der Waals surface area contributed by atoms with Crippen LogP contribution in [0.4, 0.5) is 11.4 Å². The molecule has 0 saturated carbocycles. The van der Waals surface area contributed by atoms with Gasteiger partial charge < -0.3 is 14.8 Å². The van der Waals surface area contributed by atoms with Crippen LogP contribution in [0.2, 0.25) is 0 Å². The van der Waals surface area contributed by atoms with E-state index < -0.39 is 10.0 Å². The Morgan fingerprint density at radius 2 is 1.53 bits per heavy atom.